The van der Waals surface area contributed by atoms with Crippen LogP contribution >= 0.6 is 0 Å². The van der Waals surface area contributed by atoms with E-state index >= 15 is 0 Å². The van der Waals surface area contributed by atoms with E-state index in [1.54, 1.807) is 4.90 Å². The van der Waals surface area contributed by atoms with Gasteiger partial charge in [0.2, 0.25) is 0 Å². The first-order valence-corrected chi connectivity index (χ1v) is 7.23. The van der Waals surface area contributed by atoms with Crippen LogP contribution in [0.15, 0.2) is 0 Å². The molecule has 0 spiro atoms. The van der Waals surface area contributed by atoms with Crippen LogP contribution in [0.4, 0.5) is 4.79 Å². The molecule has 2 rings (SSSR count). The van der Waals surface area contributed by atoms with Crippen molar-refractivity contribution in [3.8, 4) is 0 Å². The van der Waals surface area contributed by atoms with Gasteiger partial charge in [-0.3, -0.25) is 9.59 Å². The molecular weight excluding hydrogens is 276 g/mol. The number of esters is 1. The van der Waals surface area contributed by atoms with E-state index in [9.17, 15) is 14.4 Å². The fraction of sp³-hybridized carbons (Fsp3) is 0.786. The Morgan fingerprint density at radius 2 is 2.00 bits per heavy atom. The molecule has 2 N–H and O–H groups in total. The van der Waals surface area contributed by atoms with E-state index < -0.39 is 11.5 Å². The van der Waals surface area contributed by atoms with Gasteiger partial charge in [0.05, 0.1) is 25.0 Å². The molecule has 0 bridgehead atoms. The Hall–Kier alpha value is -1.79. The molecule has 2 fully saturated rings. The number of methoxy groups -OCH3 is 1. The van der Waals surface area contributed by atoms with E-state index in [1.807, 2.05) is 6.92 Å². The average Bonchev–Trinajstić information content (AvgIpc) is 2.77. The summed E-state index contributed by atoms with van der Waals surface area (Å²) in [6, 6.07) is -0.283. The van der Waals surface area contributed by atoms with Gasteiger partial charge in [-0.05, 0) is 25.2 Å². The van der Waals surface area contributed by atoms with Crippen LogP contribution in [-0.2, 0) is 14.3 Å². The lowest BCUT2D eigenvalue weighted by atomic mass is 9.74. The molecule has 1 aliphatic heterocycles. The largest absolute Gasteiger partial charge is 0.481 e. The number of amides is 2. The van der Waals surface area contributed by atoms with Crippen molar-refractivity contribution >= 4 is 18.0 Å². The second-order valence-electron chi connectivity index (χ2n) is 6.15. The second-order valence-corrected chi connectivity index (χ2v) is 6.15. The van der Waals surface area contributed by atoms with Crippen molar-refractivity contribution in [3.05, 3.63) is 0 Å². The highest BCUT2D eigenvalue weighted by Crippen LogP contribution is 2.35. The fourth-order valence-corrected chi connectivity index (χ4v) is 3.14. The van der Waals surface area contributed by atoms with Gasteiger partial charge in [-0.1, -0.05) is 6.92 Å². The van der Waals surface area contributed by atoms with Crippen LogP contribution in [0.3, 0.4) is 0 Å². The summed E-state index contributed by atoms with van der Waals surface area (Å²) < 4.78 is 4.74. The van der Waals surface area contributed by atoms with Gasteiger partial charge in [0.25, 0.3) is 0 Å². The van der Waals surface area contributed by atoms with Gasteiger partial charge in [0.15, 0.2) is 0 Å². The van der Waals surface area contributed by atoms with Crippen LogP contribution in [0.5, 0.6) is 0 Å². The van der Waals surface area contributed by atoms with E-state index in [-0.39, 0.29) is 30.3 Å². The monoisotopic (exact) mass is 298 g/mol. The molecule has 21 heavy (non-hydrogen) atoms. The molecule has 1 saturated heterocycles. The van der Waals surface area contributed by atoms with Crippen molar-refractivity contribution in [1.29, 1.82) is 0 Å². The molecule has 7 nitrogen and oxygen atoms in total. The molecule has 0 aromatic rings. The van der Waals surface area contributed by atoms with Crippen LogP contribution < -0.4 is 5.32 Å². The summed E-state index contributed by atoms with van der Waals surface area (Å²) in [5.41, 5.74) is -0.616. The third kappa shape index (κ3) is 3.28. The summed E-state index contributed by atoms with van der Waals surface area (Å²) in [6.07, 6.45) is 2.25. The van der Waals surface area contributed by atoms with Crippen LogP contribution in [0.25, 0.3) is 0 Å². The summed E-state index contributed by atoms with van der Waals surface area (Å²) in [4.78, 5) is 36.4. The van der Waals surface area contributed by atoms with Gasteiger partial charge in [-0.2, -0.15) is 0 Å². The predicted octanol–water partition coefficient (Wildman–Crippen LogP) is 0.834. The van der Waals surface area contributed by atoms with Gasteiger partial charge in [-0.15, -0.1) is 0 Å². The number of rotatable bonds is 4. The number of aliphatic carboxylic acids is 1. The molecule has 0 radical (unpaired) electrons. The highest BCUT2D eigenvalue weighted by molar-refractivity contribution is 5.80. The lowest BCUT2D eigenvalue weighted by molar-refractivity contribution is -0.146. The number of urea groups is 1. The van der Waals surface area contributed by atoms with Crippen molar-refractivity contribution < 1.29 is 24.2 Å². The summed E-state index contributed by atoms with van der Waals surface area (Å²) in [6.45, 7) is 2.71. The highest BCUT2D eigenvalue weighted by Gasteiger charge is 2.43. The Morgan fingerprint density at radius 3 is 2.48 bits per heavy atom. The molecule has 1 saturated carbocycles. The zero-order valence-electron chi connectivity index (χ0n) is 12.4. The van der Waals surface area contributed by atoms with Gasteiger partial charge in [0, 0.05) is 13.1 Å². The maximum Gasteiger partial charge on any atom is 0.317 e. The lowest BCUT2D eigenvalue weighted by Gasteiger charge is -2.42. The Morgan fingerprint density at radius 1 is 1.33 bits per heavy atom. The van der Waals surface area contributed by atoms with Gasteiger partial charge in [-0.25, -0.2) is 4.79 Å². The third-order valence-corrected chi connectivity index (χ3v) is 4.58. The Bertz CT molecular complexity index is 447. The number of ether oxygens (including phenoxy) is 1. The number of carbonyl (C=O) groups excluding carboxylic acids is 2. The van der Waals surface area contributed by atoms with E-state index in [4.69, 9.17) is 9.84 Å². The summed E-state index contributed by atoms with van der Waals surface area (Å²) in [5.74, 6) is -1.48. The van der Waals surface area contributed by atoms with Gasteiger partial charge in [0.1, 0.15) is 0 Å². The zero-order chi connectivity index (χ0) is 15.6. The SMILES string of the molecule is COC(=O)C1CN(C(=O)NC2(CC(=O)O)CCC2)CC1C. The number of nitrogens with one attached hydrogen (secondary N) is 1. The van der Waals surface area contributed by atoms with Gasteiger partial charge >= 0.3 is 18.0 Å². The van der Waals surface area contributed by atoms with Crippen molar-refractivity contribution in [2.75, 3.05) is 20.2 Å². The van der Waals surface area contributed by atoms with E-state index in [1.165, 1.54) is 7.11 Å². The first-order chi connectivity index (χ1) is 9.87. The molecular formula is C14H22N2O5. The molecule has 0 aromatic carbocycles. The normalized spacial score (nSPS) is 26.9. The number of likely N-dealkylation sites (tertiary alicyclic amines) is 1. The minimum Gasteiger partial charge on any atom is -0.481 e. The number of nitrogens with zero attached hydrogens (tertiary/aromatic N) is 1. The predicted molar refractivity (Wildman–Crippen MR) is 73.6 cm³/mol. The maximum absolute atomic E-state index is 12.3. The number of carboxylic acid groups (broad SMARTS) is 1. The molecule has 2 amide bonds. The summed E-state index contributed by atoms with van der Waals surface area (Å²) in [5, 5.41) is 11.8. The fourth-order valence-electron chi connectivity index (χ4n) is 3.14. The third-order valence-electron chi connectivity index (χ3n) is 4.58. The van der Waals surface area contributed by atoms with Crippen molar-refractivity contribution in [1.82, 2.24) is 10.2 Å². The van der Waals surface area contributed by atoms with Crippen LogP contribution in [-0.4, -0.2) is 53.7 Å². The minimum atomic E-state index is -0.905. The second kappa shape index (κ2) is 5.91. The number of hydrogen-bond donors (Lipinski definition) is 2. The smallest absolute Gasteiger partial charge is 0.317 e. The number of hydrogen-bond acceptors (Lipinski definition) is 4. The van der Waals surface area contributed by atoms with Gasteiger partial charge < -0.3 is 20.1 Å². The zero-order valence-corrected chi connectivity index (χ0v) is 12.4. The van der Waals surface area contributed by atoms with Crippen molar-refractivity contribution in [3.63, 3.8) is 0 Å². The van der Waals surface area contributed by atoms with Crippen molar-refractivity contribution in [2.45, 2.75) is 38.1 Å². The molecule has 2 atom stereocenters. The molecule has 118 valence electrons. The Kier molecular flexibility index (Phi) is 4.39. The van der Waals surface area contributed by atoms with E-state index in [2.05, 4.69) is 5.32 Å². The first-order valence-electron chi connectivity index (χ1n) is 7.23. The standard InChI is InChI=1S/C14H22N2O5/c1-9-7-16(8-10(9)12(19)21-2)13(20)15-14(4-3-5-14)6-11(17)18/h9-10H,3-8H2,1-2H3,(H,15,20)(H,17,18). The topological polar surface area (TPSA) is 95.9 Å². The van der Waals surface area contributed by atoms with Crippen molar-refractivity contribution in [2.24, 2.45) is 11.8 Å². The van der Waals surface area contributed by atoms with Crippen LogP contribution in [0.1, 0.15) is 32.6 Å². The number of carbonyl (C=O) groups is 3. The first kappa shape index (κ1) is 15.6. The number of carboxylic acids is 1. The maximum atomic E-state index is 12.3. The molecule has 0 aromatic heterocycles. The molecule has 1 heterocycles. The van der Waals surface area contributed by atoms with E-state index in [0.717, 1.165) is 6.42 Å². The lowest BCUT2D eigenvalue weighted by Crippen LogP contribution is -2.57. The van der Waals surface area contributed by atoms with Crippen LogP contribution in [0.2, 0.25) is 0 Å². The summed E-state index contributed by atoms with van der Waals surface area (Å²) in [7, 11) is 1.34. The average molecular weight is 298 g/mol. The highest BCUT2D eigenvalue weighted by atomic mass is 16.5. The molecule has 1 aliphatic carbocycles. The quantitative estimate of drug-likeness (QED) is 0.750. The van der Waals surface area contributed by atoms with Crippen LogP contribution in [0, 0.1) is 11.8 Å². The Balaban J connectivity index is 1.95. The Labute approximate surface area is 123 Å². The summed E-state index contributed by atoms with van der Waals surface area (Å²) >= 11 is 0. The molecule has 7 heteroatoms. The van der Waals surface area contributed by atoms with E-state index in [0.29, 0.717) is 25.9 Å². The minimum absolute atomic E-state index is 0.0417. The molecule has 2 aliphatic rings. The molecule has 2 unspecified atom stereocenters.